The van der Waals surface area contributed by atoms with E-state index in [0.29, 0.717) is 22.8 Å². The first-order valence-corrected chi connectivity index (χ1v) is 9.61. The Morgan fingerprint density at radius 1 is 0.967 bits per heavy atom. The molecule has 30 heavy (non-hydrogen) atoms. The lowest BCUT2D eigenvalue weighted by atomic mass is 9.79. The molecule has 5 nitrogen and oxygen atoms in total. The van der Waals surface area contributed by atoms with Gasteiger partial charge in [0.25, 0.3) is 11.5 Å². The Balaban J connectivity index is 1.83. The van der Waals surface area contributed by atoms with E-state index in [4.69, 9.17) is 0 Å². The first kappa shape index (κ1) is 16.3. The van der Waals surface area contributed by atoms with Crippen LogP contribution >= 0.6 is 0 Å². The molecule has 0 saturated carbocycles. The maximum atomic E-state index is 15.1. The van der Waals surface area contributed by atoms with Crippen molar-refractivity contribution >= 4 is 0 Å². The molecule has 3 aliphatic heterocycles. The maximum Gasteiger partial charge on any atom is 0.402 e. The van der Waals surface area contributed by atoms with Gasteiger partial charge in [0, 0.05) is 24.3 Å². The topological polar surface area (TPSA) is 38.5 Å². The highest BCUT2D eigenvalue weighted by Crippen LogP contribution is 2.49. The van der Waals surface area contributed by atoms with Crippen molar-refractivity contribution in [3.8, 4) is 17.1 Å². The van der Waals surface area contributed by atoms with Crippen molar-refractivity contribution in [1.29, 1.82) is 0 Å². The number of fused-ring (bicyclic) bond motifs is 4. The summed E-state index contributed by atoms with van der Waals surface area (Å²) in [5, 5.41) is 0. The Hall–Kier alpha value is -3.55. The van der Waals surface area contributed by atoms with Crippen LogP contribution in [0.1, 0.15) is 36.5 Å². The van der Waals surface area contributed by atoms with Crippen molar-refractivity contribution < 1.29 is 22.3 Å². The smallest absolute Gasteiger partial charge is 0.190 e. The molecule has 0 aliphatic carbocycles. The molecule has 146 valence electrons. The Kier molecular flexibility index (Phi) is 2.50. The number of halogens is 3. The minimum absolute atomic E-state index is 0.222. The van der Waals surface area contributed by atoms with E-state index in [1.807, 2.05) is 33.4 Å². The molecule has 0 fully saturated rings. The summed E-state index contributed by atoms with van der Waals surface area (Å²) in [5.41, 5.74) is 1.81. The van der Waals surface area contributed by atoms with E-state index in [2.05, 4.69) is 23.8 Å². The van der Waals surface area contributed by atoms with Gasteiger partial charge < -0.3 is 0 Å². The van der Waals surface area contributed by atoms with E-state index in [1.165, 1.54) is 16.8 Å². The fraction of sp³-hybridized carbons (Fsp3) is 0.182. The van der Waals surface area contributed by atoms with Crippen LogP contribution in [-0.4, -0.2) is 14.5 Å². The molecule has 0 unspecified atom stereocenters. The van der Waals surface area contributed by atoms with E-state index < -0.39 is 29.1 Å². The summed E-state index contributed by atoms with van der Waals surface area (Å²) in [5.74, 6) is -1.24. The molecule has 7 heterocycles. The van der Waals surface area contributed by atoms with Crippen molar-refractivity contribution in [2.45, 2.75) is 24.9 Å². The standard InChI is InChI=1S/C22H14F3N5/c1-21(2)13-6-3-5-12-18-11(9-16(23)27-19(18)24)22(29(12)13)15-10-26-20(25)28(15)17-8-4-7-14(21)30(17)22/h3-10H,1-2H3/q+2/t22-/m0/s1. The van der Waals surface area contributed by atoms with Crippen LogP contribution in [0, 0.1) is 18.0 Å². The minimum Gasteiger partial charge on any atom is -0.190 e. The van der Waals surface area contributed by atoms with Crippen LogP contribution in [0.15, 0.2) is 48.7 Å². The molecule has 0 radical (unpaired) electrons. The second-order valence-electron chi connectivity index (χ2n) is 8.44. The zero-order valence-electron chi connectivity index (χ0n) is 16.0. The Morgan fingerprint density at radius 3 is 2.50 bits per heavy atom. The molecule has 1 spiro atoms. The van der Waals surface area contributed by atoms with E-state index in [0.717, 1.165) is 11.4 Å². The fourth-order valence-corrected chi connectivity index (χ4v) is 5.68. The van der Waals surface area contributed by atoms with Crippen LogP contribution in [0.2, 0.25) is 0 Å². The summed E-state index contributed by atoms with van der Waals surface area (Å²) in [6.45, 7) is 4.14. The molecular formula is C22H14F3N5+2. The zero-order chi connectivity index (χ0) is 20.6. The molecule has 4 aromatic rings. The highest BCUT2D eigenvalue weighted by Gasteiger charge is 2.73. The SMILES string of the molecule is CC1(C)c2cccc3[n+]2[C@]2(c4cc(F)nc(F)c4-3)c3cnc(F)n3-c3cccc1[n+]32. The van der Waals surface area contributed by atoms with Gasteiger partial charge in [0.1, 0.15) is 22.2 Å². The summed E-state index contributed by atoms with van der Waals surface area (Å²) in [6.07, 6.45) is 0.777. The molecule has 0 amide bonds. The van der Waals surface area contributed by atoms with E-state index in [-0.39, 0.29) is 5.56 Å². The van der Waals surface area contributed by atoms with Crippen molar-refractivity contribution in [2.75, 3.05) is 0 Å². The maximum absolute atomic E-state index is 15.1. The molecule has 1 atom stereocenters. The van der Waals surface area contributed by atoms with Crippen LogP contribution in [0.25, 0.3) is 17.1 Å². The summed E-state index contributed by atoms with van der Waals surface area (Å²) < 4.78 is 49.8. The monoisotopic (exact) mass is 405 g/mol. The van der Waals surface area contributed by atoms with Crippen molar-refractivity contribution in [1.82, 2.24) is 14.5 Å². The lowest BCUT2D eigenvalue weighted by Gasteiger charge is -2.33. The molecule has 0 bridgehead atoms. The first-order valence-electron chi connectivity index (χ1n) is 9.61. The third kappa shape index (κ3) is 1.42. The largest absolute Gasteiger partial charge is 0.402 e. The van der Waals surface area contributed by atoms with Gasteiger partial charge in [0.2, 0.25) is 23.3 Å². The van der Waals surface area contributed by atoms with E-state index in [1.54, 1.807) is 12.1 Å². The summed E-state index contributed by atoms with van der Waals surface area (Å²) >= 11 is 0. The summed E-state index contributed by atoms with van der Waals surface area (Å²) in [6, 6.07) is 12.5. The minimum atomic E-state index is -1.19. The number of nitrogens with zero attached hydrogens (tertiary/aromatic N) is 5. The normalized spacial score (nSPS) is 20.6. The van der Waals surface area contributed by atoms with Gasteiger partial charge in [-0.2, -0.15) is 23.3 Å². The van der Waals surface area contributed by atoms with Gasteiger partial charge in [0.15, 0.2) is 0 Å². The molecule has 0 aromatic carbocycles. The second kappa shape index (κ2) is 4.61. The highest BCUT2D eigenvalue weighted by molar-refractivity contribution is 5.67. The number of hydrogen-bond acceptors (Lipinski definition) is 2. The van der Waals surface area contributed by atoms with Crippen LogP contribution in [0.5, 0.6) is 0 Å². The molecule has 8 heteroatoms. The zero-order valence-corrected chi connectivity index (χ0v) is 16.0. The van der Waals surface area contributed by atoms with Gasteiger partial charge >= 0.3 is 11.7 Å². The quantitative estimate of drug-likeness (QED) is 0.288. The van der Waals surface area contributed by atoms with Crippen LogP contribution in [0.4, 0.5) is 13.2 Å². The van der Waals surface area contributed by atoms with E-state index >= 15 is 4.39 Å². The summed E-state index contributed by atoms with van der Waals surface area (Å²) in [7, 11) is 0. The Bertz CT molecular complexity index is 1470. The van der Waals surface area contributed by atoms with Crippen LogP contribution in [0.3, 0.4) is 0 Å². The van der Waals surface area contributed by atoms with Crippen molar-refractivity contribution in [2.24, 2.45) is 0 Å². The second-order valence-corrected chi connectivity index (χ2v) is 8.44. The average molecular weight is 405 g/mol. The first-order chi connectivity index (χ1) is 14.4. The average Bonchev–Trinajstić information content (AvgIpc) is 3.32. The van der Waals surface area contributed by atoms with Gasteiger partial charge in [-0.25, -0.2) is 0 Å². The number of hydrogen-bond donors (Lipinski definition) is 0. The molecule has 0 N–H and O–H groups in total. The number of aromatic nitrogens is 5. The Morgan fingerprint density at radius 2 is 1.70 bits per heavy atom. The lowest BCUT2D eigenvalue weighted by Crippen LogP contribution is -2.79. The molecule has 0 saturated heterocycles. The van der Waals surface area contributed by atoms with Gasteiger partial charge in [-0.1, -0.05) is 6.07 Å². The predicted octanol–water partition coefficient (Wildman–Crippen LogP) is 2.49. The molecule has 3 aliphatic rings. The number of imidazole rings is 1. The molecular weight excluding hydrogens is 391 g/mol. The van der Waals surface area contributed by atoms with Gasteiger partial charge in [-0.3, -0.25) is 0 Å². The van der Waals surface area contributed by atoms with Crippen LogP contribution in [-0.2, 0) is 11.1 Å². The Labute approximate surface area is 168 Å². The highest BCUT2D eigenvalue weighted by atomic mass is 19.1. The lowest BCUT2D eigenvalue weighted by molar-refractivity contribution is -0.972. The molecule has 7 rings (SSSR count). The molecule has 4 aromatic heterocycles. The third-order valence-electron chi connectivity index (χ3n) is 6.77. The fourth-order valence-electron chi connectivity index (χ4n) is 5.68. The van der Waals surface area contributed by atoms with Gasteiger partial charge in [-0.05, 0) is 26.0 Å². The summed E-state index contributed by atoms with van der Waals surface area (Å²) in [4.78, 5) is 7.35. The third-order valence-corrected chi connectivity index (χ3v) is 6.77. The number of pyridine rings is 3. The van der Waals surface area contributed by atoms with E-state index in [9.17, 15) is 8.78 Å². The number of rotatable bonds is 0. The van der Waals surface area contributed by atoms with Crippen molar-refractivity contribution in [3.63, 3.8) is 0 Å². The van der Waals surface area contributed by atoms with Crippen LogP contribution < -0.4 is 9.13 Å². The van der Waals surface area contributed by atoms with Gasteiger partial charge in [-0.15, -0.1) is 13.5 Å². The van der Waals surface area contributed by atoms with Gasteiger partial charge in [0.05, 0.1) is 6.20 Å². The van der Waals surface area contributed by atoms with Crippen molar-refractivity contribution in [3.05, 3.63) is 89.3 Å². The predicted molar refractivity (Wildman–Crippen MR) is 97.2 cm³/mol.